The molecule has 0 amide bonds. The standard InChI is InChI=1S/C15H11Cl2FO2/c1-8(19)9-3-4-14(18)11(5-9)10-6-13(17)15(20-2)7-12(10)16/h3-7H,1-2H3. The highest BCUT2D eigenvalue weighted by atomic mass is 35.5. The van der Waals surface area contributed by atoms with Crippen LogP contribution in [-0.4, -0.2) is 12.9 Å². The van der Waals surface area contributed by atoms with Gasteiger partial charge >= 0.3 is 0 Å². The van der Waals surface area contributed by atoms with Crippen LogP contribution in [0.5, 0.6) is 5.75 Å². The zero-order valence-electron chi connectivity index (χ0n) is 10.8. The molecule has 0 atom stereocenters. The molecule has 20 heavy (non-hydrogen) atoms. The molecule has 0 aliphatic rings. The van der Waals surface area contributed by atoms with Crippen LogP contribution < -0.4 is 4.74 Å². The van der Waals surface area contributed by atoms with E-state index >= 15 is 0 Å². The molecule has 0 saturated heterocycles. The van der Waals surface area contributed by atoms with Gasteiger partial charge in [-0.3, -0.25) is 4.79 Å². The van der Waals surface area contributed by atoms with E-state index in [2.05, 4.69) is 0 Å². The van der Waals surface area contributed by atoms with Crippen molar-refractivity contribution in [2.45, 2.75) is 6.92 Å². The van der Waals surface area contributed by atoms with Gasteiger partial charge in [0.1, 0.15) is 11.6 Å². The van der Waals surface area contributed by atoms with Crippen LogP contribution in [0.2, 0.25) is 10.0 Å². The van der Waals surface area contributed by atoms with Gasteiger partial charge in [0.05, 0.1) is 17.2 Å². The Kier molecular flexibility index (Phi) is 4.31. The predicted molar refractivity (Wildman–Crippen MR) is 78.4 cm³/mol. The molecular formula is C15H11Cl2FO2. The summed E-state index contributed by atoms with van der Waals surface area (Å²) in [4.78, 5) is 11.4. The summed E-state index contributed by atoms with van der Waals surface area (Å²) in [6, 6.07) is 7.16. The first kappa shape index (κ1) is 14.8. The lowest BCUT2D eigenvalue weighted by molar-refractivity contribution is 0.101. The number of halogens is 3. The Labute approximate surface area is 126 Å². The van der Waals surface area contributed by atoms with Crippen molar-refractivity contribution in [3.8, 4) is 16.9 Å². The number of hydrogen-bond acceptors (Lipinski definition) is 2. The SMILES string of the molecule is COc1cc(Cl)c(-c2cc(C(C)=O)ccc2F)cc1Cl. The second kappa shape index (κ2) is 5.81. The van der Waals surface area contributed by atoms with Crippen molar-refractivity contribution < 1.29 is 13.9 Å². The average Bonchev–Trinajstić information content (AvgIpc) is 2.41. The van der Waals surface area contributed by atoms with Gasteiger partial charge in [0, 0.05) is 22.8 Å². The van der Waals surface area contributed by atoms with Crippen LogP contribution >= 0.6 is 23.2 Å². The minimum atomic E-state index is -0.474. The van der Waals surface area contributed by atoms with Crippen LogP contribution in [0.4, 0.5) is 4.39 Å². The Hall–Kier alpha value is -1.58. The Morgan fingerprint density at radius 2 is 1.80 bits per heavy atom. The molecule has 0 bridgehead atoms. The Balaban J connectivity index is 2.65. The maximum Gasteiger partial charge on any atom is 0.159 e. The van der Waals surface area contributed by atoms with Crippen LogP contribution in [0.1, 0.15) is 17.3 Å². The predicted octanol–water partition coefficient (Wildman–Crippen LogP) is 5.01. The Morgan fingerprint density at radius 3 is 2.40 bits per heavy atom. The average molecular weight is 313 g/mol. The second-order valence-electron chi connectivity index (χ2n) is 4.22. The van der Waals surface area contributed by atoms with Crippen molar-refractivity contribution in [2.75, 3.05) is 7.11 Å². The molecule has 0 aliphatic heterocycles. The molecule has 0 aliphatic carbocycles. The number of methoxy groups -OCH3 is 1. The highest BCUT2D eigenvalue weighted by Crippen LogP contribution is 2.37. The van der Waals surface area contributed by atoms with Gasteiger partial charge in [-0.25, -0.2) is 4.39 Å². The van der Waals surface area contributed by atoms with Gasteiger partial charge in [-0.2, -0.15) is 0 Å². The van der Waals surface area contributed by atoms with E-state index in [4.69, 9.17) is 27.9 Å². The summed E-state index contributed by atoms with van der Waals surface area (Å²) in [6.45, 7) is 1.42. The Morgan fingerprint density at radius 1 is 1.10 bits per heavy atom. The molecule has 2 aromatic carbocycles. The number of rotatable bonds is 3. The van der Waals surface area contributed by atoms with Gasteiger partial charge in [0.2, 0.25) is 0 Å². The van der Waals surface area contributed by atoms with E-state index in [1.165, 1.54) is 44.4 Å². The van der Waals surface area contributed by atoms with Crippen LogP contribution in [0.25, 0.3) is 11.1 Å². The van der Waals surface area contributed by atoms with Gasteiger partial charge in [-0.1, -0.05) is 23.2 Å². The third-order valence-electron chi connectivity index (χ3n) is 2.90. The van der Waals surface area contributed by atoms with Crippen molar-refractivity contribution in [3.63, 3.8) is 0 Å². The molecule has 0 spiro atoms. The minimum absolute atomic E-state index is 0.151. The fourth-order valence-electron chi connectivity index (χ4n) is 1.84. The lowest BCUT2D eigenvalue weighted by atomic mass is 10.0. The molecule has 2 rings (SSSR count). The highest BCUT2D eigenvalue weighted by Gasteiger charge is 2.14. The molecule has 0 saturated carbocycles. The maximum atomic E-state index is 14.0. The fraction of sp³-hybridized carbons (Fsp3) is 0.133. The lowest BCUT2D eigenvalue weighted by Crippen LogP contribution is -1.95. The summed E-state index contributed by atoms with van der Waals surface area (Å²) in [5, 5.41) is 0.616. The first-order valence-corrected chi connectivity index (χ1v) is 6.53. The summed E-state index contributed by atoms with van der Waals surface area (Å²) >= 11 is 12.2. The van der Waals surface area contributed by atoms with E-state index in [1.54, 1.807) is 0 Å². The first-order chi connectivity index (χ1) is 9.43. The van der Waals surface area contributed by atoms with Crippen LogP contribution in [0.15, 0.2) is 30.3 Å². The zero-order chi connectivity index (χ0) is 14.9. The largest absolute Gasteiger partial charge is 0.495 e. The summed E-state index contributed by atoms with van der Waals surface area (Å²) in [7, 11) is 1.47. The summed E-state index contributed by atoms with van der Waals surface area (Å²) in [5.74, 6) is -0.219. The van der Waals surface area contributed by atoms with Gasteiger partial charge < -0.3 is 4.74 Å². The molecule has 0 aromatic heterocycles. The van der Waals surface area contributed by atoms with Crippen LogP contribution in [0.3, 0.4) is 0 Å². The minimum Gasteiger partial charge on any atom is -0.495 e. The van der Waals surface area contributed by atoms with Crippen LogP contribution in [0, 0.1) is 5.82 Å². The van der Waals surface area contributed by atoms with E-state index < -0.39 is 5.82 Å². The maximum absolute atomic E-state index is 14.0. The zero-order valence-corrected chi connectivity index (χ0v) is 12.3. The number of carbonyl (C=O) groups excluding carboxylic acids is 1. The van der Waals surface area contributed by atoms with E-state index in [0.29, 0.717) is 26.9 Å². The molecule has 2 aromatic rings. The molecule has 0 fully saturated rings. The number of Topliss-reactive ketones (excluding diaryl/α,β-unsaturated/α-hetero) is 1. The molecular weight excluding hydrogens is 302 g/mol. The van der Waals surface area contributed by atoms with E-state index in [0.717, 1.165) is 0 Å². The first-order valence-electron chi connectivity index (χ1n) is 5.78. The van der Waals surface area contributed by atoms with E-state index in [1.807, 2.05) is 0 Å². The number of carbonyl (C=O) groups is 1. The van der Waals surface area contributed by atoms with Crippen molar-refractivity contribution in [1.82, 2.24) is 0 Å². The van der Waals surface area contributed by atoms with E-state index in [9.17, 15) is 9.18 Å². The molecule has 0 radical (unpaired) electrons. The number of ether oxygens (including phenoxy) is 1. The van der Waals surface area contributed by atoms with E-state index in [-0.39, 0.29) is 11.3 Å². The number of hydrogen-bond donors (Lipinski definition) is 0. The van der Waals surface area contributed by atoms with Crippen molar-refractivity contribution >= 4 is 29.0 Å². The molecule has 2 nitrogen and oxygen atoms in total. The molecule has 0 unspecified atom stereocenters. The van der Waals surface area contributed by atoms with Crippen molar-refractivity contribution in [3.05, 3.63) is 51.8 Å². The summed E-state index contributed by atoms with van der Waals surface area (Å²) in [6.07, 6.45) is 0. The molecule has 0 N–H and O–H groups in total. The van der Waals surface area contributed by atoms with Gasteiger partial charge in [-0.05, 0) is 31.2 Å². The molecule has 0 heterocycles. The lowest BCUT2D eigenvalue weighted by Gasteiger charge is -2.11. The number of benzene rings is 2. The Bertz CT molecular complexity index is 684. The topological polar surface area (TPSA) is 26.3 Å². The summed E-state index contributed by atoms with van der Waals surface area (Å²) < 4.78 is 19.0. The van der Waals surface area contributed by atoms with Gasteiger partial charge in [-0.15, -0.1) is 0 Å². The highest BCUT2D eigenvalue weighted by molar-refractivity contribution is 6.36. The fourth-order valence-corrected chi connectivity index (χ4v) is 2.34. The normalized spacial score (nSPS) is 10.4. The second-order valence-corrected chi connectivity index (χ2v) is 5.03. The quantitative estimate of drug-likeness (QED) is 0.745. The van der Waals surface area contributed by atoms with Crippen molar-refractivity contribution in [1.29, 1.82) is 0 Å². The third kappa shape index (κ3) is 2.79. The third-order valence-corrected chi connectivity index (χ3v) is 3.51. The smallest absolute Gasteiger partial charge is 0.159 e. The van der Waals surface area contributed by atoms with Gasteiger partial charge in [0.15, 0.2) is 5.78 Å². The molecule has 104 valence electrons. The van der Waals surface area contributed by atoms with Gasteiger partial charge in [0.25, 0.3) is 0 Å². The summed E-state index contributed by atoms with van der Waals surface area (Å²) in [5.41, 5.74) is 1.05. The monoisotopic (exact) mass is 312 g/mol. The number of ketones is 1. The van der Waals surface area contributed by atoms with Crippen molar-refractivity contribution in [2.24, 2.45) is 0 Å². The van der Waals surface area contributed by atoms with Crippen LogP contribution in [-0.2, 0) is 0 Å². The molecule has 5 heteroatoms.